The van der Waals surface area contributed by atoms with Crippen LogP contribution in [0.1, 0.15) is 18.9 Å². The van der Waals surface area contributed by atoms with Crippen LogP contribution in [0.3, 0.4) is 0 Å². The van der Waals surface area contributed by atoms with Gasteiger partial charge in [-0.3, -0.25) is 14.5 Å². The Hall–Kier alpha value is -1.97. The van der Waals surface area contributed by atoms with Gasteiger partial charge in [0.25, 0.3) is 0 Å². The van der Waals surface area contributed by atoms with Crippen molar-refractivity contribution in [3.63, 3.8) is 0 Å². The number of anilines is 1. The number of rotatable bonds is 4. The Morgan fingerprint density at radius 3 is 2.42 bits per heavy atom. The molecule has 1 fully saturated rings. The summed E-state index contributed by atoms with van der Waals surface area (Å²) >= 11 is 0. The number of nitrogens with two attached hydrogens (primary N) is 1. The summed E-state index contributed by atoms with van der Waals surface area (Å²) in [6.45, 7) is 3.93. The molecule has 3 rings (SSSR count). The molecule has 2 N–H and O–H groups in total. The van der Waals surface area contributed by atoms with Crippen molar-refractivity contribution in [2.45, 2.75) is 24.7 Å². The summed E-state index contributed by atoms with van der Waals surface area (Å²) in [4.78, 5) is 26.6. The fourth-order valence-corrected chi connectivity index (χ4v) is 5.03. The van der Waals surface area contributed by atoms with Crippen molar-refractivity contribution in [3.05, 3.63) is 23.8 Å². The summed E-state index contributed by atoms with van der Waals surface area (Å²) in [5, 5.41) is 0. The maximum absolute atomic E-state index is 13.0. The van der Waals surface area contributed by atoms with Gasteiger partial charge in [0.1, 0.15) is 0 Å². The second-order valence-electron chi connectivity index (χ2n) is 6.71. The fourth-order valence-electron chi connectivity index (χ4n) is 3.56. The van der Waals surface area contributed by atoms with Gasteiger partial charge in [-0.25, -0.2) is 8.42 Å². The zero-order chi connectivity index (χ0) is 18.9. The van der Waals surface area contributed by atoms with Crippen molar-refractivity contribution >= 4 is 27.5 Å². The predicted molar refractivity (Wildman–Crippen MR) is 97.2 cm³/mol. The highest BCUT2D eigenvalue weighted by atomic mass is 32.2. The average molecular weight is 380 g/mol. The van der Waals surface area contributed by atoms with Gasteiger partial charge in [0.2, 0.25) is 21.8 Å². The zero-order valence-corrected chi connectivity index (χ0v) is 15.7. The Kier molecular flexibility index (Phi) is 5.31. The molecule has 0 unspecified atom stereocenters. The number of benzene rings is 1. The number of primary amides is 1. The number of carbonyl (C=O) groups is 2. The maximum atomic E-state index is 13.0. The van der Waals surface area contributed by atoms with Gasteiger partial charge < -0.3 is 10.6 Å². The van der Waals surface area contributed by atoms with E-state index in [2.05, 4.69) is 0 Å². The van der Waals surface area contributed by atoms with E-state index in [-0.39, 0.29) is 17.3 Å². The number of amides is 2. The molecule has 2 heterocycles. The summed E-state index contributed by atoms with van der Waals surface area (Å²) in [6.07, 6.45) is 1.58. The zero-order valence-electron chi connectivity index (χ0n) is 14.8. The van der Waals surface area contributed by atoms with Gasteiger partial charge in [-0.05, 0) is 36.6 Å². The number of aryl methyl sites for hydroxylation is 1. The van der Waals surface area contributed by atoms with E-state index >= 15 is 0 Å². The van der Waals surface area contributed by atoms with E-state index in [9.17, 15) is 18.0 Å². The SMILES string of the molecule is CC(=O)N1CCCc2cc(S(=O)(=O)N3CCN(CC(N)=O)CC3)ccc21. The van der Waals surface area contributed by atoms with Crippen molar-refractivity contribution in [1.29, 1.82) is 0 Å². The van der Waals surface area contributed by atoms with Crippen molar-refractivity contribution in [2.75, 3.05) is 44.2 Å². The molecule has 9 heteroatoms. The van der Waals surface area contributed by atoms with Crippen LogP contribution in [0, 0.1) is 0 Å². The summed E-state index contributed by atoms with van der Waals surface area (Å²) in [7, 11) is -3.60. The molecule has 1 saturated heterocycles. The minimum Gasteiger partial charge on any atom is -0.369 e. The molecule has 0 spiro atoms. The molecular formula is C17H24N4O4S. The normalized spacial score (nSPS) is 19.2. The number of carbonyl (C=O) groups excluding carboxylic acids is 2. The predicted octanol–water partition coefficient (Wildman–Crippen LogP) is -0.223. The standard InChI is InChI=1S/C17H24N4O4S/c1-13(22)21-6-2-3-14-11-15(4-5-16(14)21)26(24,25)20-9-7-19(8-10-20)12-17(18)23/h4-5,11H,2-3,6-10,12H2,1H3,(H2,18,23). The lowest BCUT2D eigenvalue weighted by Gasteiger charge is -2.33. The molecule has 8 nitrogen and oxygen atoms in total. The monoisotopic (exact) mass is 380 g/mol. The van der Waals surface area contributed by atoms with E-state index in [4.69, 9.17) is 5.73 Å². The van der Waals surface area contributed by atoms with Crippen molar-refractivity contribution < 1.29 is 18.0 Å². The van der Waals surface area contributed by atoms with Crippen LogP contribution in [-0.2, 0) is 26.0 Å². The average Bonchev–Trinajstić information content (AvgIpc) is 2.60. The Bertz CT molecular complexity index is 816. The number of piperazine rings is 1. The lowest BCUT2D eigenvalue weighted by atomic mass is 10.0. The number of sulfonamides is 1. The summed E-state index contributed by atoms with van der Waals surface area (Å²) < 4.78 is 27.3. The first kappa shape index (κ1) is 18.8. The van der Waals surface area contributed by atoms with Crippen LogP contribution in [-0.4, -0.2) is 68.7 Å². The van der Waals surface area contributed by atoms with Gasteiger partial charge >= 0.3 is 0 Å². The molecule has 2 aliphatic rings. The molecule has 2 aliphatic heterocycles. The molecule has 1 aromatic carbocycles. The fraction of sp³-hybridized carbons (Fsp3) is 0.529. The second kappa shape index (κ2) is 7.34. The summed E-state index contributed by atoms with van der Waals surface area (Å²) in [5.74, 6) is -0.446. The van der Waals surface area contributed by atoms with Gasteiger partial charge in [-0.2, -0.15) is 4.31 Å². The molecule has 0 bridgehead atoms. The molecule has 0 aromatic heterocycles. The third-order valence-electron chi connectivity index (χ3n) is 4.90. The molecule has 1 aromatic rings. The third-order valence-corrected chi connectivity index (χ3v) is 6.79. The molecule has 142 valence electrons. The van der Waals surface area contributed by atoms with E-state index in [0.717, 1.165) is 24.1 Å². The first-order valence-corrected chi connectivity index (χ1v) is 10.1. The minimum atomic E-state index is -3.60. The highest BCUT2D eigenvalue weighted by Crippen LogP contribution is 2.30. The highest BCUT2D eigenvalue weighted by Gasteiger charge is 2.30. The topological polar surface area (TPSA) is 104 Å². The number of hydrogen-bond acceptors (Lipinski definition) is 5. The van der Waals surface area contributed by atoms with E-state index in [1.807, 2.05) is 4.90 Å². The van der Waals surface area contributed by atoms with Crippen LogP contribution in [0.5, 0.6) is 0 Å². The molecule has 0 saturated carbocycles. The summed E-state index contributed by atoms with van der Waals surface area (Å²) in [6, 6.07) is 4.99. The maximum Gasteiger partial charge on any atom is 0.243 e. The minimum absolute atomic E-state index is 0.0351. The number of fused-ring (bicyclic) bond motifs is 1. The molecule has 0 radical (unpaired) electrons. The largest absolute Gasteiger partial charge is 0.369 e. The van der Waals surface area contributed by atoms with E-state index in [1.165, 1.54) is 11.2 Å². The van der Waals surface area contributed by atoms with Crippen LogP contribution in [0.2, 0.25) is 0 Å². The Labute approximate surface area is 153 Å². The first-order valence-electron chi connectivity index (χ1n) is 8.71. The quantitative estimate of drug-likeness (QED) is 0.778. The smallest absolute Gasteiger partial charge is 0.243 e. The lowest BCUT2D eigenvalue weighted by molar-refractivity contribution is -0.119. The molecule has 0 aliphatic carbocycles. The van der Waals surface area contributed by atoms with Crippen molar-refractivity contribution in [2.24, 2.45) is 5.73 Å². The molecule has 2 amide bonds. The van der Waals surface area contributed by atoms with Gasteiger partial charge in [0.15, 0.2) is 0 Å². The van der Waals surface area contributed by atoms with Crippen LogP contribution in [0.15, 0.2) is 23.1 Å². The van der Waals surface area contributed by atoms with E-state index in [1.54, 1.807) is 23.1 Å². The lowest BCUT2D eigenvalue weighted by Crippen LogP contribution is -2.50. The van der Waals surface area contributed by atoms with Gasteiger partial charge in [0, 0.05) is 45.3 Å². The molecular weight excluding hydrogens is 356 g/mol. The van der Waals surface area contributed by atoms with Crippen LogP contribution in [0.25, 0.3) is 0 Å². The number of nitrogens with zero attached hydrogens (tertiary/aromatic N) is 3. The van der Waals surface area contributed by atoms with Crippen LogP contribution < -0.4 is 10.6 Å². The van der Waals surface area contributed by atoms with Gasteiger partial charge in [-0.15, -0.1) is 0 Å². The van der Waals surface area contributed by atoms with Crippen molar-refractivity contribution in [1.82, 2.24) is 9.21 Å². The van der Waals surface area contributed by atoms with E-state index in [0.29, 0.717) is 32.7 Å². The summed E-state index contributed by atoms with van der Waals surface area (Å²) in [5.41, 5.74) is 6.88. The van der Waals surface area contributed by atoms with Crippen molar-refractivity contribution in [3.8, 4) is 0 Å². The second-order valence-corrected chi connectivity index (χ2v) is 8.65. The van der Waals surface area contributed by atoms with E-state index < -0.39 is 15.9 Å². The molecule has 26 heavy (non-hydrogen) atoms. The highest BCUT2D eigenvalue weighted by molar-refractivity contribution is 7.89. The first-order chi connectivity index (χ1) is 12.3. The Balaban J connectivity index is 1.78. The Morgan fingerprint density at radius 2 is 1.81 bits per heavy atom. The Morgan fingerprint density at radius 1 is 1.12 bits per heavy atom. The van der Waals surface area contributed by atoms with Gasteiger partial charge in [-0.1, -0.05) is 0 Å². The van der Waals surface area contributed by atoms with Crippen LogP contribution in [0.4, 0.5) is 5.69 Å². The van der Waals surface area contributed by atoms with Crippen LogP contribution >= 0.6 is 0 Å². The third kappa shape index (κ3) is 3.74. The molecule has 0 atom stereocenters. The number of hydrogen-bond donors (Lipinski definition) is 1. The van der Waals surface area contributed by atoms with Gasteiger partial charge in [0.05, 0.1) is 11.4 Å².